The van der Waals surface area contributed by atoms with Crippen molar-refractivity contribution in [3.63, 3.8) is 0 Å². The van der Waals surface area contributed by atoms with Gasteiger partial charge in [-0.1, -0.05) is 113 Å². The van der Waals surface area contributed by atoms with Crippen LogP contribution in [0.2, 0.25) is 0 Å². The lowest BCUT2D eigenvalue weighted by Gasteiger charge is -2.34. The molecule has 0 fully saturated rings. The fourth-order valence-electron chi connectivity index (χ4n) is 4.97. The molecular weight excluding hydrogens is 794 g/mol. The van der Waals surface area contributed by atoms with E-state index in [-0.39, 0.29) is 0 Å². The second kappa shape index (κ2) is 11.1. The second-order valence-corrected chi connectivity index (χ2v) is 12.2. The average Bonchev–Trinajstić information content (AvgIpc) is 3.16. The van der Waals surface area contributed by atoms with E-state index in [2.05, 4.69) is 162 Å². The molecule has 0 saturated carbocycles. The van der Waals surface area contributed by atoms with Crippen molar-refractivity contribution >= 4 is 77.0 Å². The number of alkyl halides is 2. The van der Waals surface area contributed by atoms with E-state index in [1.165, 1.54) is 33.4 Å². The van der Waals surface area contributed by atoms with Gasteiger partial charge in [-0.25, -0.2) is 0 Å². The summed E-state index contributed by atoms with van der Waals surface area (Å²) in [7, 11) is 0. The predicted octanol–water partition coefficient (Wildman–Crippen LogP) is 9.20. The largest absolute Gasteiger partial charge is 0.493 e. The van der Waals surface area contributed by atoms with Gasteiger partial charge >= 0.3 is 0 Å². The summed E-state index contributed by atoms with van der Waals surface area (Å²) in [5.41, 5.74) is 6.98. The highest BCUT2D eigenvalue weighted by atomic mass is 127. The maximum atomic E-state index is 5.90. The molecule has 1 aliphatic carbocycles. The number of halogens is 4. The Kier molecular flexibility index (Phi) is 8.11. The quantitative estimate of drug-likeness (QED) is 0.115. The van der Waals surface area contributed by atoms with E-state index in [1.807, 2.05) is 0 Å². The first-order chi connectivity index (χ1) is 17.1. The van der Waals surface area contributed by atoms with Crippen LogP contribution in [-0.4, -0.2) is 22.1 Å². The predicted molar refractivity (Wildman–Crippen MR) is 168 cm³/mol. The number of fused-ring (bicyclic) bond motifs is 3. The monoisotopic (exact) mass is 814 g/mol. The van der Waals surface area contributed by atoms with E-state index in [0.29, 0.717) is 13.2 Å². The molecule has 0 bridgehead atoms. The topological polar surface area (TPSA) is 18.5 Å². The number of ether oxygens (including phenoxy) is 2. The van der Waals surface area contributed by atoms with Crippen LogP contribution >= 0.6 is 77.0 Å². The fraction of sp³-hybridized carbons (Fsp3) is 0.172. The van der Waals surface area contributed by atoms with Gasteiger partial charge in [-0.15, -0.1) is 0 Å². The van der Waals surface area contributed by atoms with E-state index in [9.17, 15) is 0 Å². The Labute approximate surface area is 250 Å². The van der Waals surface area contributed by atoms with E-state index in [1.54, 1.807) is 0 Å². The Morgan fingerprint density at radius 2 is 0.971 bits per heavy atom. The van der Waals surface area contributed by atoms with Crippen LogP contribution < -0.4 is 9.47 Å². The molecule has 1 aliphatic rings. The molecule has 0 atom stereocenters. The van der Waals surface area contributed by atoms with Gasteiger partial charge in [-0.3, -0.25) is 0 Å². The van der Waals surface area contributed by atoms with Gasteiger partial charge in [0.25, 0.3) is 0 Å². The maximum absolute atomic E-state index is 5.90. The number of benzene rings is 4. The third-order valence-electron chi connectivity index (χ3n) is 6.33. The summed E-state index contributed by atoms with van der Waals surface area (Å²) in [5.74, 6) is 1.79. The van der Waals surface area contributed by atoms with Gasteiger partial charge in [-0.05, 0) is 81.9 Å². The molecule has 6 heteroatoms. The molecule has 2 nitrogen and oxygen atoms in total. The molecular formula is C29H22Br2I2O2. The Morgan fingerprint density at radius 1 is 0.571 bits per heavy atom. The average molecular weight is 816 g/mol. The van der Waals surface area contributed by atoms with Crippen molar-refractivity contribution in [3.8, 4) is 22.6 Å². The molecule has 0 aliphatic heterocycles. The van der Waals surface area contributed by atoms with Crippen molar-refractivity contribution in [2.24, 2.45) is 0 Å². The Morgan fingerprint density at radius 3 is 1.34 bits per heavy atom. The van der Waals surface area contributed by atoms with Crippen LogP contribution in [-0.2, 0) is 5.41 Å². The number of hydrogen-bond acceptors (Lipinski definition) is 2. The molecule has 4 aromatic carbocycles. The van der Waals surface area contributed by atoms with Crippen LogP contribution in [0.25, 0.3) is 11.1 Å². The summed E-state index contributed by atoms with van der Waals surface area (Å²) in [6.07, 6.45) is 0. The van der Waals surface area contributed by atoms with Crippen molar-refractivity contribution < 1.29 is 9.47 Å². The third-order valence-corrected chi connectivity index (χ3v) is 8.20. The SMILES string of the molecule is Brc1ccc2c(c1)C(c1ccc(OCCI)cc1)(c1ccc(OCCI)cc1)c1cc(Br)ccc1-2. The first-order valence-electron chi connectivity index (χ1n) is 11.3. The summed E-state index contributed by atoms with van der Waals surface area (Å²) in [6, 6.07) is 30.5. The van der Waals surface area contributed by atoms with Crippen molar-refractivity contribution in [1.29, 1.82) is 0 Å². The van der Waals surface area contributed by atoms with Gasteiger partial charge < -0.3 is 9.47 Å². The van der Waals surface area contributed by atoms with Gasteiger partial charge in [0.2, 0.25) is 0 Å². The van der Waals surface area contributed by atoms with Gasteiger partial charge in [0.15, 0.2) is 0 Å². The molecule has 0 unspecified atom stereocenters. The Bertz CT molecular complexity index is 1230. The van der Waals surface area contributed by atoms with E-state index < -0.39 is 5.41 Å². The van der Waals surface area contributed by atoms with Gasteiger partial charge in [0.05, 0.1) is 18.6 Å². The smallest absolute Gasteiger partial charge is 0.119 e. The van der Waals surface area contributed by atoms with Crippen LogP contribution in [0.4, 0.5) is 0 Å². The summed E-state index contributed by atoms with van der Waals surface area (Å²) in [5, 5.41) is 0. The molecule has 178 valence electrons. The highest BCUT2D eigenvalue weighted by Crippen LogP contribution is 2.57. The zero-order valence-corrected chi connectivity index (χ0v) is 26.2. The minimum absolute atomic E-state index is 0.470. The summed E-state index contributed by atoms with van der Waals surface area (Å²) < 4.78 is 15.8. The second-order valence-electron chi connectivity index (χ2n) is 8.25. The van der Waals surface area contributed by atoms with Crippen molar-refractivity contribution in [2.45, 2.75) is 5.41 Å². The molecule has 0 radical (unpaired) electrons. The molecule has 4 aromatic rings. The van der Waals surface area contributed by atoms with Crippen LogP contribution in [0.1, 0.15) is 22.3 Å². The van der Waals surface area contributed by atoms with Crippen molar-refractivity contribution in [2.75, 3.05) is 22.1 Å². The van der Waals surface area contributed by atoms with Crippen molar-refractivity contribution in [1.82, 2.24) is 0 Å². The molecule has 0 saturated heterocycles. The van der Waals surface area contributed by atoms with Crippen LogP contribution in [0.3, 0.4) is 0 Å². The van der Waals surface area contributed by atoms with E-state index in [0.717, 1.165) is 29.3 Å². The Balaban J connectivity index is 1.77. The maximum Gasteiger partial charge on any atom is 0.119 e. The molecule has 5 rings (SSSR count). The van der Waals surface area contributed by atoms with Crippen LogP contribution in [0.15, 0.2) is 93.9 Å². The van der Waals surface area contributed by atoms with E-state index in [4.69, 9.17) is 9.47 Å². The standard InChI is InChI=1S/C29H22Br2I2O2/c30-21-5-11-25-26-12-6-22(31)18-28(26)29(27(25)17-21,19-1-7-23(8-2-19)34-15-13-32)20-3-9-24(10-4-20)35-16-14-33/h1-12,17-18H,13-16H2. The normalized spacial score (nSPS) is 13.3. The van der Waals surface area contributed by atoms with Gasteiger partial charge in [-0.2, -0.15) is 0 Å². The molecule has 35 heavy (non-hydrogen) atoms. The molecule has 0 amide bonds. The first kappa shape index (κ1) is 25.5. The van der Waals surface area contributed by atoms with Crippen LogP contribution in [0.5, 0.6) is 11.5 Å². The third kappa shape index (κ3) is 4.80. The lowest BCUT2D eigenvalue weighted by Crippen LogP contribution is -2.28. The Hall–Kier alpha value is -1.10. The van der Waals surface area contributed by atoms with Crippen molar-refractivity contribution in [3.05, 3.63) is 116 Å². The first-order valence-corrected chi connectivity index (χ1v) is 15.9. The highest BCUT2D eigenvalue weighted by Gasteiger charge is 2.46. The zero-order valence-electron chi connectivity index (χ0n) is 18.7. The van der Waals surface area contributed by atoms with Crippen LogP contribution in [0, 0.1) is 0 Å². The number of rotatable bonds is 8. The number of hydrogen-bond donors (Lipinski definition) is 0. The minimum Gasteiger partial charge on any atom is -0.493 e. The summed E-state index contributed by atoms with van der Waals surface area (Å²) in [4.78, 5) is 0. The molecule has 0 heterocycles. The lowest BCUT2D eigenvalue weighted by atomic mass is 9.67. The van der Waals surface area contributed by atoms with Gasteiger partial charge in [0.1, 0.15) is 11.5 Å². The summed E-state index contributed by atoms with van der Waals surface area (Å²) >= 11 is 12.2. The summed E-state index contributed by atoms with van der Waals surface area (Å²) in [6.45, 7) is 1.41. The fourth-order valence-corrected chi connectivity index (χ4v) is 6.13. The van der Waals surface area contributed by atoms with E-state index >= 15 is 0 Å². The lowest BCUT2D eigenvalue weighted by molar-refractivity contribution is 0.346. The minimum atomic E-state index is -0.470. The molecule has 0 aromatic heterocycles. The van der Waals surface area contributed by atoms with Gasteiger partial charge in [0, 0.05) is 17.8 Å². The highest BCUT2D eigenvalue weighted by molar-refractivity contribution is 14.1. The molecule has 0 N–H and O–H groups in total. The molecule has 0 spiro atoms. The zero-order chi connectivity index (χ0) is 24.4.